The Hall–Kier alpha value is -1.29. The molecule has 1 aromatic heterocycles. The van der Waals surface area contributed by atoms with Gasteiger partial charge in [-0.2, -0.15) is 0 Å². The molecule has 1 saturated heterocycles. The minimum absolute atomic E-state index is 0.0701. The molecule has 1 aliphatic rings. The van der Waals surface area contributed by atoms with Crippen LogP contribution < -0.4 is 5.32 Å². The summed E-state index contributed by atoms with van der Waals surface area (Å²) in [7, 11) is 0. The van der Waals surface area contributed by atoms with Gasteiger partial charge in [0, 0.05) is 18.7 Å². The maximum absolute atomic E-state index is 11.9. The highest BCUT2D eigenvalue weighted by atomic mass is 16.5. The minimum atomic E-state index is -0.0701. The van der Waals surface area contributed by atoms with Gasteiger partial charge in [0.1, 0.15) is 5.76 Å². The van der Waals surface area contributed by atoms with Gasteiger partial charge in [-0.1, -0.05) is 0 Å². The van der Waals surface area contributed by atoms with Crippen LogP contribution in [-0.4, -0.2) is 25.2 Å². The lowest BCUT2D eigenvalue weighted by atomic mass is 10.1. The molecular weight excluding hydrogens is 206 g/mol. The minimum Gasteiger partial charge on any atom is -0.469 e. The zero-order valence-electron chi connectivity index (χ0n) is 9.71. The summed E-state index contributed by atoms with van der Waals surface area (Å²) in [6.45, 7) is 5.07. The second-order valence-electron chi connectivity index (χ2n) is 4.19. The molecule has 1 aliphatic heterocycles. The quantitative estimate of drug-likeness (QED) is 0.850. The van der Waals surface area contributed by atoms with Crippen LogP contribution in [0.5, 0.6) is 0 Å². The Labute approximate surface area is 95.0 Å². The lowest BCUT2D eigenvalue weighted by Crippen LogP contribution is -2.32. The van der Waals surface area contributed by atoms with Crippen molar-refractivity contribution in [3.8, 4) is 0 Å². The summed E-state index contributed by atoms with van der Waals surface area (Å²) in [6.07, 6.45) is 3.90. The molecule has 88 valence electrons. The number of rotatable bonds is 3. The van der Waals surface area contributed by atoms with E-state index in [0.29, 0.717) is 17.9 Å². The van der Waals surface area contributed by atoms with E-state index < -0.39 is 0 Å². The van der Waals surface area contributed by atoms with Crippen LogP contribution >= 0.6 is 0 Å². The Morgan fingerprint density at radius 1 is 1.56 bits per heavy atom. The first kappa shape index (κ1) is 11.2. The first-order valence-corrected chi connectivity index (χ1v) is 5.63. The van der Waals surface area contributed by atoms with Gasteiger partial charge in [-0.05, 0) is 26.7 Å². The van der Waals surface area contributed by atoms with E-state index in [2.05, 4.69) is 5.32 Å². The van der Waals surface area contributed by atoms with Gasteiger partial charge in [0.05, 0.1) is 17.9 Å². The third kappa shape index (κ3) is 2.27. The fourth-order valence-corrected chi connectivity index (χ4v) is 2.01. The van der Waals surface area contributed by atoms with Crippen molar-refractivity contribution in [2.75, 3.05) is 13.2 Å². The van der Waals surface area contributed by atoms with Gasteiger partial charge in [0.15, 0.2) is 0 Å². The van der Waals surface area contributed by atoms with Gasteiger partial charge >= 0.3 is 0 Å². The molecule has 1 unspecified atom stereocenters. The fraction of sp³-hybridized carbons (Fsp3) is 0.583. The summed E-state index contributed by atoms with van der Waals surface area (Å²) in [5, 5.41) is 2.88. The van der Waals surface area contributed by atoms with Crippen LogP contribution in [0, 0.1) is 13.8 Å². The Morgan fingerprint density at radius 3 is 2.94 bits per heavy atom. The highest BCUT2D eigenvalue weighted by molar-refractivity contribution is 5.96. The van der Waals surface area contributed by atoms with Crippen molar-refractivity contribution in [1.82, 2.24) is 5.32 Å². The molecule has 2 rings (SSSR count). The van der Waals surface area contributed by atoms with Crippen molar-refractivity contribution in [3.05, 3.63) is 23.2 Å². The summed E-state index contributed by atoms with van der Waals surface area (Å²) in [5.41, 5.74) is 1.53. The maximum atomic E-state index is 11.9. The van der Waals surface area contributed by atoms with Gasteiger partial charge in [-0.3, -0.25) is 4.79 Å². The van der Waals surface area contributed by atoms with Crippen LogP contribution in [0.1, 0.15) is 34.5 Å². The SMILES string of the molecule is Cc1coc(C)c1C(=O)NCC1CCCO1. The van der Waals surface area contributed by atoms with Crippen LogP contribution in [0.4, 0.5) is 0 Å². The van der Waals surface area contributed by atoms with E-state index in [1.54, 1.807) is 13.2 Å². The van der Waals surface area contributed by atoms with E-state index in [1.807, 2.05) is 6.92 Å². The molecule has 0 spiro atoms. The average molecular weight is 223 g/mol. The van der Waals surface area contributed by atoms with Crippen molar-refractivity contribution in [2.24, 2.45) is 0 Å². The Bertz CT molecular complexity index is 358. The first-order chi connectivity index (χ1) is 7.68. The molecule has 0 aromatic carbocycles. The van der Waals surface area contributed by atoms with E-state index in [1.165, 1.54) is 0 Å². The van der Waals surface area contributed by atoms with Crippen molar-refractivity contribution in [2.45, 2.75) is 32.8 Å². The number of ether oxygens (including phenoxy) is 1. The Kier molecular flexibility index (Phi) is 3.29. The summed E-state index contributed by atoms with van der Waals surface area (Å²) in [4.78, 5) is 11.9. The predicted molar refractivity (Wildman–Crippen MR) is 59.5 cm³/mol. The van der Waals surface area contributed by atoms with E-state index in [4.69, 9.17) is 9.15 Å². The summed E-state index contributed by atoms with van der Waals surface area (Å²) < 4.78 is 10.6. The molecule has 2 heterocycles. The summed E-state index contributed by atoms with van der Waals surface area (Å²) >= 11 is 0. The highest BCUT2D eigenvalue weighted by Gasteiger charge is 2.19. The number of hydrogen-bond acceptors (Lipinski definition) is 3. The second-order valence-corrected chi connectivity index (χ2v) is 4.19. The average Bonchev–Trinajstić information content (AvgIpc) is 2.86. The standard InChI is InChI=1S/C12H17NO3/c1-8-7-16-9(2)11(8)12(14)13-6-10-4-3-5-15-10/h7,10H,3-6H2,1-2H3,(H,13,14). The molecule has 1 atom stereocenters. The molecule has 0 saturated carbocycles. The van der Waals surface area contributed by atoms with Crippen molar-refractivity contribution in [3.63, 3.8) is 0 Å². The predicted octanol–water partition coefficient (Wildman–Crippen LogP) is 1.81. The molecule has 16 heavy (non-hydrogen) atoms. The van der Waals surface area contributed by atoms with Crippen LogP contribution in [0.2, 0.25) is 0 Å². The van der Waals surface area contributed by atoms with E-state index in [9.17, 15) is 4.79 Å². The Morgan fingerprint density at radius 2 is 2.38 bits per heavy atom. The van der Waals surface area contributed by atoms with Gasteiger partial charge in [-0.25, -0.2) is 0 Å². The van der Waals surface area contributed by atoms with E-state index in [-0.39, 0.29) is 12.0 Å². The number of nitrogens with one attached hydrogen (secondary N) is 1. The molecule has 1 aromatic rings. The lowest BCUT2D eigenvalue weighted by Gasteiger charge is -2.10. The molecule has 4 heteroatoms. The fourth-order valence-electron chi connectivity index (χ4n) is 2.01. The Balaban J connectivity index is 1.92. The van der Waals surface area contributed by atoms with E-state index in [0.717, 1.165) is 25.0 Å². The van der Waals surface area contributed by atoms with Gasteiger partial charge in [-0.15, -0.1) is 0 Å². The van der Waals surface area contributed by atoms with Gasteiger partial charge in [0.2, 0.25) is 0 Å². The molecule has 0 aliphatic carbocycles. The molecule has 1 fully saturated rings. The molecule has 0 bridgehead atoms. The largest absolute Gasteiger partial charge is 0.469 e. The van der Waals surface area contributed by atoms with Gasteiger partial charge < -0.3 is 14.5 Å². The highest BCUT2D eigenvalue weighted by Crippen LogP contribution is 2.16. The van der Waals surface area contributed by atoms with E-state index >= 15 is 0 Å². The summed E-state index contributed by atoms with van der Waals surface area (Å²) in [6, 6.07) is 0. The monoisotopic (exact) mass is 223 g/mol. The maximum Gasteiger partial charge on any atom is 0.255 e. The number of carbonyl (C=O) groups excluding carboxylic acids is 1. The summed E-state index contributed by atoms with van der Waals surface area (Å²) in [5.74, 6) is 0.599. The van der Waals surface area contributed by atoms with Crippen LogP contribution in [0.15, 0.2) is 10.7 Å². The van der Waals surface area contributed by atoms with Crippen molar-refractivity contribution < 1.29 is 13.9 Å². The number of amides is 1. The topological polar surface area (TPSA) is 51.5 Å². The molecule has 4 nitrogen and oxygen atoms in total. The molecule has 0 radical (unpaired) electrons. The zero-order valence-corrected chi connectivity index (χ0v) is 9.71. The number of hydrogen-bond donors (Lipinski definition) is 1. The third-order valence-electron chi connectivity index (χ3n) is 2.90. The lowest BCUT2D eigenvalue weighted by molar-refractivity contribution is 0.0856. The third-order valence-corrected chi connectivity index (χ3v) is 2.90. The van der Waals surface area contributed by atoms with Crippen LogP contribution in [0.25, 0.3) is 0 Å². The van der Waals surface area contributed by atoms with Crippen LogP contribution in [-0.2, 0) is 4.74 Å². The number of furan rings is 1. The zero-order chi connectivity index (χ0) is 11.5. The van der Waals surface area contributed by atoms with Crippen molar-refractivity contribution in [1.29, 1.82) is 0 Å². The normalized spacial score (nSPS) is 20.0. The van der Waals surface area contributed by atoms with Gasteiger partial charge in [0.25, 0.3) is 5.91 Å². The number of aryl methyl sites for hydroxylation is 2. The van der Waals surface area contributed by atoms with Crippen molar-refractivity contribution >= 4 is 5.91 Å². The smallest absolute Gasteiger partial charge is 0.255 e. The first-order valence-electron chi connectivity index (χ1n) is 5.63. The molecular formula is C12H17NO3. The van der Waals surface area contributed by atoms with Crippen LogP contribution in [0.3, 0.4) is 0 Å². The second kappa shape index (κ2) is 4.70. The molecule has 1 N–H and O–H groups in total. The number of carbonyl (C=O) groups is 1. The molecule has 1 amide bonds.